The summed E-state index contributed by atoms with van der Waals surface area (Å²) in [6.45, 7) is 7.81. The summed E-state index contributed by atoms with van der Waals surface area (Å²) in [5.74, 6) is -1.04. The molecule has 0 spiro atoms. The van der Waals surface area contributed by atoms with E-state index >= 15 is 0 Å². The summed E-state index contributed by atoms with van der Waals surface area (Å²) in [7, 11) is 0. The second kappa shape index (κ2) is 7.37. The molecule has 1 N–H and O–H groups in total. The average molecular weight is 494 g/mol. The summed E-state index contributed by atoms with van der Waals surface area (Å²) in [5.41, 5.74) is 2.91. The van der Waals surface area contributed by atoms with Gasteiger partial charge in [-0.15, -0.1) is 24.8 Å². The molecule has 2 aliphatic carbocycles. The quantitative estimate of drug-likeness (QED) is 0.592. The van der Waals surface area contributed by atoms with Crippen molar-refractivity contribution in [3.63, 3.8) is 0 Å². The number of halogens is 2. The van der Waals surface area contributed by atoms with Gasteiger partial charge in [-0.1, -0.05) is 0 Å². The van der Waals surface area contributed by atoms with Crippen molar-refractivity contribution in [3.8, 4) is 0 Å². The molecule has 25 heavy (non-hydrogen) atoms. The van der Waals surface area contributed by atoms with Crippen LogP contribution in [0, 0.1) is 0 Å². The maximum absolute atomic E-state index is 10.2. The van der Waals surface area contributed by atoms with Crippen molar-refractivity contribution in [2.75, 3.05) is 6.61 Å². The van der Waals surface area contributed by atoms with E-state index < -0.39 is 21.0 Å². The van der Waals surface area contributed by atoms with Gasteiger partial charge in [-0.25, -0.2) is 0 Å². The molecule has 0 fully saturated rings. The molecule has 1 aromatic carbocycles. The summed E-state index contributed by atoms with van der Waals surface area (Å²) < 4.78 is 5.96. The molecule has 0 bridgehead atoms. The summed E-state index contributed by atoms with van der Waals surface area (Å²) >= 11 is -3.87. The number of allylic oxidation sites excluding steroid dienone is 5. The second-order valence-corrected chi connectivity index (χ2v) is 71.6. The van der Waals surface area contributed by atoms with Crippen LogP contribution in [0.2, 0.25) is 21.9 Å². The van der Waals surface area contributed by atoms with Crippen molar-refractivity contribution in [2.45, 2.75) is 31.9 Å². The Labute approximate surface area is 164 Å². The fourth-order valence-electron chi connectivity index (χ4n) is 5.15. The molecule has 1 unspecified atom stereocenters. The van der Waals surface area contributed by atoms with E-state index in [0.29, 0.717) is 10.2 Å². The van der Waals surface area contributed by atoms with Crippen molar-refractivity contribution in [3.05, 3.63) is 63.0 Å². The third kappa shape index (κ3) is 3.01. The van der Waals surface area contributed by atoms with Crippen LogP contribution in [0.15, 0.2) is 51.9 Å². The van der Waals surface area contributed by atoms with E-state index in [1.165, 1.54) is 11.1 Å². The van der Waals surface area contributed by atoms with Crippen molar-refractivity contribution in [1.29, 1.82) is 0 Å². The number of aliphatic hydroxyl groups excluding tert-OH is 1. The van der Waals surface area contributed by atoms with Crippen LogP contribution in [-0.4, -0.2) is 24.5 Å². The monoisotopic (exact) mass is 491 g/mol. The van der Waals surface area contributed by atoms with Gasteiger partial charge in [0.1, 0.15) is 0 Å². The largest absolute Gasteiger partial charge is 0.147 e. The van der Waals surface area contributed by atoms with E-state index in [9.17, 15) is 5.11 Å². The molecule has 0 amide bonds. The van der Waals surface area contributed by atoms with Crippen LogP contribution in [0.4, 0.5) is 0 Å². The molecule has 139 valence electrons. The Hall–Kier alpha value is 0.297. The number of hydrogen-bond acceptors (Lipinski definition) is 1. The van der Waals surface area contributed by atoms with Gasteiger partial charge in [0.25, 0.3) is 0 Å². The molecular formula is C19H31Cl2OSi2Zr. The summed E-state index contributed by atoms with van der Waals surface area (Å²) in [4.78, 5) is 0. The van der Waals surface area contributed by atoms with Gasteiger partial charge in [-0.05, 0) is 0 Å². The van der Waals surface area contributed by atoms with Crippen LogP contribution in [-0.2, 0) is 15.1 Å². The van der Waals surface area contributed by atoms with Crippen LogP contribution in [0.5, 0.6) is 0 Å². The van der Waals surface area contributed by atoms with E-state index in [2.05, 4.69) is 79.3 Å². The number of fused-ring (bicyclic) bond motifs is 1. The van der Waals surface area contributed by atoms with Gasteiger partial charge >= 0.3 is 141 Å². The van der Waals surface area contributed by atoms with Crippen LogP contribution in [0.3, 0.4) is 0 Å². The smallest absolute Gasteiger partial charge is 0.147 e. The summed E-state index contributed by atoms with van der Waals surface area (Å²) in [6.07, 6.45) is 12.9. The molecule has 0 radical (unpaired) electrons. The predicted octanol–water partition coefficient (Wildman–Crippen LogP) is 4.66. The average Bonchev–Trinajstić information content (AvgIpc) is 3.18. The Morgan fingerprint density at radius 1 is 1.24 bits per heavy atom. The molecule has 0 heterocycles. The minimum absolute atomic E-state index is 0. The number of aliphatic hydroxyl groups is 1. The van der Waals surface area contributed by atoms with Crippen LogP contribution in [0.1, 0.15) is 21.2 Å². The third-order valence-corrected chi connectivity index (χ3v) is 87.2. The molecular weight excluding hydrogens is 463 g/mol. The molecule has 0 saturated carbocycles. The predicted molar refractivity (Wildman–Crippen MR) is 120 cm³/mol. The first kappa shape index (κ1) is 23.3. The summed E-state index contributed by atoms with van der Waals surface area (Å²) in [6, 6.07) is 8.91. The minimum atomic E-state index is -3.87. The SMILES string of the molecule is C[SiH](C)[Zr]([CH3])(=[SiH2])([CH2]CO)([C]1=CC=CC1)[CH]1C=Cc2ccccc21.Cl.Cl. The van der Waals surface area contributed by atoms with Gasteiger partial charge in [-0.2, -0.15) is 0 Å². The number of hydrogen-bond donors (Lipinski definition) is 1. The Balaban J connectivity index is 0.00000156. The molecule has 0 aliphatic heterocycles. The molecule has 0 aromatic heterocycles. The van der Waals surface area contributed by atoms with Gasteiger partial charge in [0.15, 0.2) is 0 Å². The normalized spacial score (nSPS) is 21.0. The topological polar surface area (TPSA) is 20.2 Å². The third-order valence-electron chi connectivity index (χ3n) is 7.77. The molecule has 1 atom stereocenters. The zero-order valence-electron chi connectivity index (χ0n) is 15.4. The van der Waals surface area contributed by atoms with E-state index in [-0.39, 0.29) is 24.8 Å². The number of benzene rings is 1. The Bertz CT molecular complexity index is 844. The molecule has 1 nitrogen and oxygen atoms in total. The van der Waals surface area contributed by atoms with Gasteiger partial charge in [0, 0.05) is 0 Å². The van der Waals surface area contributed by atoms with Crippen molar-refractivity contribution < 1.29 is 20.2 Å². The first-order chi connectivity index (χ1) is 10.8. The Morgan fingerprint density at radius 3 is 2.48 bits per heavy atom. The minimum Gasteiger partial charge on any atom is -0.147 e. The molecule has 3 rings (SSSR count). The first-order valence-corrected chi connectivity index (χ1v) is 28.7. The van der Waals surface area contributed by atoms with Crippen molar-refractivity contribution >= 4 is 43.7 Å². The van der Waals surface area contributed by atoms with Crippen LogP contribution >= 0.6 is 24.8 Å². The van der Waals surface area contributed by atoms with Gasteiger partial charge in [0.2, 0.25) is 0 Å². The van der Waals surface area contributed by atoms with E-state index in [1.54, 1.807) is 3.28 Å². The van der Waals surface area contributed by atoms with Crippen molar-refractivity contribution in [2.24, 2.45) is 0 Å². The van der Waals surface area contributed by atoms with Gasteiger partial charge in [-0.3, -0.25) is 0 Å². The zero-order chi connectivity index (χ0) is 16.8. The Kier molecular flexibility index (Phi) is 6.88. The molecule has 0 saturated heterocycles. The standard InChI is InChI=1S/C9H7.C5H5.C2H5O.C2H7Si.CH3.2ClH.H2Si.Zr/c1-2-5-9-7-3-6-8(9)4-1;1-2-4-5-3-1;1-2-3;1-3-2;;;;;/h1-7H;1-3H,4H2;3H,1-2H2;3H,1-2H3;1H3;2*1H;1H2;. The molecule has 1 aromatic rings. The maximum atomic E-state index is 10.2. The number of rotatable bonds is 5. The molecule has 2 aliphatic rings. The fourth-order valence-corrected chi connectivity index (χ4v) is 43.9. The van der Waals surface area contributed by atoms with Gasteiger partial charge < -0.3 is 0 Å². The van der Waals surface area contributed by atoms with Crippen LogP contribution < -0.4 is 0 Å². The van der Waals surface area contributed by atoms with E-state index in [0.717, 1.165) is 10.5 Å². The second-order valence-electron chi connectivity index (χ2n) is 8.83. The van der Waals surface area contributed by atoms with Crippen molar-refractivity contribution in [1.82, 2.24) is 0 Å². The van der Waals surface area contributed by atoms with Gasteiger partial charge in [0.05, 0.1) is 0 Å². The Morgan fingerprint density at radius 2 is 1.92 bits per heavy atom. The zero-order valence-corrected chi connectivity index (χ0v) is 22.1. The molecule has 6 heteroatoms. The van der Waals surface area contributed by atoms with Crippen LogP contribution in [0.25, 0.3) is 6.08 Å². The fraction of sp³-hybridized carbons (Fsp3) is 0.368. The van der Waals surface area contributed by atoms with E-state index in [1.807, 2.05) is 0 Å². The van der Waals surface area contributed by atoms with E-state index in [4.69, 9.17) is 0 Å². The summed E-state index contributed by atoms with van der Waals surface area (Å²) in [5, 5.41) is 10.2. The first-order valence-electron chi connectivity index (χ1n) is 8.79. The maximum Gasteiger partial charge on any atom is -0.147 e.